The zero-order valence-electron chi connectivity index (χ0n) is 17.6. The van der Waals surface area contributed by atoms with Crippen LogP contribution in [0.5, 0.6) is 0 Å². The fourth-order valence-electron chi connectivity index (χ4n) is 3.20. The summed E-state index contributed by atoms with van der Waals surface area (Å²) in [5.74, 6) is 0.847. The van der Waals surface area contributed by atoms with Crippen molar-refractivity contribution in [2.24, 2.45) is 0 Å². The molecule has 4 rings (SSSR count). The van der Waals surface area contributed by atoms with Crippen molar-refractivity contribution in [2.75, 3.05) is 24.8 Å². The number of carbonyl (C=O) groups is 1. The van der Waals surface area contributed by atoms with E-state index in [1.807, 2.05) is 59.2 Å². The van der Waals surface area contributed by atoms with Crippen molar-refractivity contribution in [3.8, 4) is 22.5 Å². The van der Waals surface area contributed by atoms with Crippen molar-refractivity contribution in [1.29, 1.82) is 0 Å². The van der Waals surface area contributed by atoms with E-state index >= 15 is 0 Å². The number of aromatic nitrogens is 4. The second-order valence-corrected chi connectivity index (χ2v) is 7.91. The van der Waals surface area contributed by atoms with Gasteiger partial charge in [0, 0.05) is 30.8 Å². The fourth-order valence-corrected chi connectivity index (χ4v) is 3.96. The number of anilines is 1. The largest absolute Gasteiger partial charge is 0.383 e. The minimum atomic E-state index is -0.103. The summed E-state index contributed by atoms with van der Waals surface area (Å²) in [6, 6.07) is 21.7. The van der Waals surface area contributed by atoms with Crippen molar-refractivity contribution in [1.82, 2.24) is 19.7 Å². The number of nitrogens with zero attached hydrogens (tertiary/aromatic N) is 4. The molecule has 0 atom stereocenters. The van der Waals surface area contributed by atoms with Crippen molar-refractivity contribution in [3.05, 3.63) is 79.1 Å². The van der Waals surface area contributed by atoms with Gasteiger partial charge >= 0.3 is 0 Å². The smallest absolute Gasteiger partial charge is 0.234 e. The highest BCUT2D eigenvalue weighted by atomic mass is 32.2. The molecule has 162 valence electrons. The second kappa shape index (κ2) is 10.7. The molecule has 2 heterocycles. The van der Waals surface area contributed by atoms with Gasteiger partial charge in [0.25, 0.3) is 0 Å². The number of benzene rings is 2. The van der Waals surface area contributed by atoms with Gasteiger partial charge in [-0.1, -0.05) is 54.2 Å². The maximum absolute atomic E-state index is 12.5. The van der Waals surface area contributed by atoms with Gasteiger partial charge in [-0.15, -0.1) is 10.2 Å². The molecule has 8 heteroatoms. The van der Waals surface area contributed by atoms with Crippen LogP contribution in [-0.4, -0.2) is 45.1 Å². The van der Waals surface area contributed by atoms with Crippen molar-refractivity contribution >= 4 is 23.4 Å². The number of hydrogen-bond acceptors (Lipinski definition) is 6. The highest BCUT2D eigenvalue weighted by Crippen LogP contribution is 2.24. The zero-order chi connectivity index (χ0) is 22.2. The molecule has 7 nitrogen and oxygen atoms in total. The van der Waals surface area contributed by atoms with Crippen LogP contribution < -0.4 is 5.32 Å². The Labute approximate surface area is 190 Å². The predicted molar refractivity (Wildman–Crippen MR) is 126 cm³/mol. The van der Waals surface area contributed by atoms with Crippen molar-refractivity contribution < 1.29 is 9.53 Å². The lowest BCUT2D eigenvalue weighted by atomic mass is 10.1. The molecule has 32 heavy (non-hydrogen) atoms. The normalized spacial score (nSPS) is 10.8. The summed E-state index contributed by atoms with van der Waals surface area (Å²) >= 11 is 1.35. The fraction of sp³-hybridized carbons (Fsp3) is 0.167. The van der Waals surface area contributed by atoms with Gasteiger partial charge in [0.15, 0.2) is 11.0 Å². The van der Waals surface area contributed by atoms with Crippen LogP contribution in [0.15, 0.2) is 84.3 Å². The summed E-state index contributed by atoms with van der Waals surface area (Å²) in [6.45, 7) is 1.11. The molecule has 0 aliphatic carbocycles. The molecule has 0 fully saturated rings. The highest BCUT2D eigenvalue weighted by Gasteiger charge is 2.15. The third-order valence-electron chi connectivity index (χ3n) is 4.78. The maximum Gasteiger partial charge on any atom is 0.234 e. The summed E-state index contributed by atoms with van der Waals surface area (Å²) in [4.78, 5) is 16.6. The summed E-state index contributed by atoms with van der Waals surface area (Å²) < 4.78 is 7.19. The molecule has 0 aliphatic rings. The van der Waals surface area contributed by atoms with Gasteiger partial charge in [-0.05, 0) is 35.4 Å². The number of carbonyl (C=O) groups excluding carboxylic acids is 1. The lowest BCUT2D eigenvalue weighted by Crippen LogP contribution is -2.15. The number of rotatable bonds is 9. The monoisotopic (exact) mass is 445 g/mol. The van der Waals surface area contributed by atoms with E-state index in [4.69, 9.17) is 4.74 Å². The number of hydrogen-bond donors (Lipinski definition) is 1. The van der Waals surface area contributed by atoms with Gasteiger partial charge in [0.2, 0.25) is 5.91 Å². The SMILES string of the molecule is COCCn1c(SCC(=O)Nc2ccc(-c3ccccc3)cc2)nnc1-c1ccncc1. The Hall–Kier alpha value is -3.49. The van der Waals surface area contributed by atoms with Crippen LogP contribution in [0.4, 0.5) is 5.69 Å². The quantitative estimate of drug-likeness (QED) is 0.385. The Morgan fingerprint density at radius 2 is 1.66 bits per heavy atom. The van der Waals surface area contributed by atoms with Gasteiger partial charge < -0.3 is 10.1 Å². The van der Waals surface area contributed by atoms with Crippen LogP contribution in [0.3, 0.4) is 0 Å². The Kier molecular flexibility index (Phi) is 7.27. The van der Waals surface area contributed by atoms with E-state index in [0.29, 0.717) is 18.3 Å². The third kappa shape index (κ3) is 5.40. The molecule has 0 spiro atoms. The molecule has 0 saturated heterocycles. The number of pyridine rings is 1. The average Bonchev–Trinajstić information content (AvgIpc) is 3.25. The van der Waals surface area contributed by atoms with Gasteiger partial charge in [0.05, 0.1) is 18.9 Å². The average molecular weight is 446 g/mol. The summed E-state index contributed by atoms with van der Waals surface area (Å²) in [5, 5.41) is 12.2. The Morgan fingerprint density at radius 1 is 0.938 bits per heavy atom. The summed E-state index contributed by atoms with van der Waals surface area (Å²) in [5.41, 5.74) is 3.92. The highest BCUT2D eigenvalue weighted by molar-refractivity contribution is 7.99. The van der Waals surface area contributed by atoms with Crippen LogP contribution in [0.25, 0.3) is 22.5 Å². The van der Waals surface area contributed by atoms with Crippen LogP contribution in [0, 0.1) is 0 Å². The second-order valence-electron chi connectivity index (χ2n) is 6.97. The standard InChI is InChI=1S/C24H23N5O2S/c1-31-16-15-29-23(20-11-13-25-14-12-20)27-28-24(29)32-17-22(30)26-21-9-7-19(8-10-21)18-5-3-2-4-6-18/h2-14H,15-17H2,1H3,(H,26,30). The van der Waals surface area contributed by atoms with E-state index in [1.54, 1.807) is 19.5 Å². The lowest BCUT2D eigenvalue weighted by molar-refractivity contribution is -0.113. The van der Waals surface area contributed by atoms with Crippen LogP contribution >= 0.6 is 11.8 Å². The number of methoxy groups -OCH3 is 1. The molecule has 1 N–H and O–H groups in total. The molecule has 2 aromatic heterocycles. The molecule has 0 radical (unpaired) electrons. The maximum atomic E-state index is 12.5. The first kappa shape index (κ1) is 21.7. The number of amides is 1. The van der Waals surface area contributed by atoms with Crippen LogP contribution in [0.1, 0.15) is 0 Å². The minimum Gasteiger partial charge on any atom is -0.383 e. The number of thioether (sulfide) groups is 1. The molecule has 1 amide bonds. The number of ether oxygens (including phenoxy) is 1. The first-order chi connectivity index (χ1) is 15.7. The summed E-state index contributed by atoms with van der Waals surface area (Å²) in [6.07, 6.45) is 3.43. The Morgan fingerprint density at radius 3 is 2.38 bits per heavy atom. The van der Waals surface area contributed by atoms with Crippen molar-refractivity contribution in [2.45, 2.75) is 11.7 Å². The van der Waals surface area contributed by atoms with E-state index in [9.17, 15) is 4.79 Å². The topological polar surface area (TPSA) is 81.9 Å². The molecule has 0 aliphatic heterocycles. The first-order valence-corrected chi connectivity index (χ1v) is 11.1. The van der Waals surface area contributed by atoms with Gasteiger partial charge in [-0.2, -0.15) is 0 Å². The lowest BCUT2D eigenvalue weighted by Gasteiger charge is -2.10. The molecule has 0 saturated carbocycles. The zero-order valence-corrected chi connectivity index (χ0v) is 18.5. The Balaban J connectivity index is 1.40. The van der Waals surface area contributed by atoms with Crippen LogP contribution in [-0.2, 0) is 16.1 Å². The first-order valence-electron chi connectivity index (χ1n) is 10.2. The molecular weight excluding hydrogens is 422 g/mol. The van der Waals surface area contributed by atoms with E-state index < -0.39 is 0 Å². The predicted octanol–water partition coefficient (Wildman–Crippen LogP) is 4.38. The minimum absolute atomic E-state index is 0.103. The van der Waals surface area contributed by atoms with E-state index in [1.165, 1.54) is 11.8 Å². The van der Waals surface area contributed by atoms with Gasteiger partial charge in [-0.3, -0.25) is 14.3 Å². The Bertz CT molecular complexity index is 1150. The molecular formula is C24H23N5O2S. The van der Waals surface area contributed by atoms with E-state index in [0.717, 1.165) is 28.2 Å². The third-order valence-corrected chi connectivity index (χ3v) is 5.75. The molecule has 0 bridgehead atoms. The molecule has 2 aromatic carbocycles. The summed E-state index contributed by atoms with van der Waals surface area (Å²) in [7, 11) is 1.65. The van der Waals surface area contributed by atoms with Gasteiger partial charge in [0.1, 0.15) is 0 Å². The van der Waals surface area contributed by atoms with E-state index in [2.05, 4.69) is 32.6 Å². The molecule has 0 unspecified atom stereocenters. The number of nitrogens with one attached hydrogen (secondary N) is 1. The van der Waals surface area contributed by atoms with Crippen LogP contribution in [0.2, 0.25) is 0 Å². The van der Waals surface area contributed by atoms with Crippen molar-refractivity contribution in [3.63, 3.8) is 0 Å². The van der Waals surface area contributed by atoms with E-state index in [-0.39, 0.29) is 11.7 Å². The van der Waals surface area contributed by atoms with Gasteiger partial charge in [-0.25, -0.2) is 0 Å². The molecule has 4 aromatic rings.